The van der Waals surface area contributed by atoms with Gasteiger partial charge in [-0.25, -0.2) is 0 Å². The van der Waals surface area contributed by atoms with Crippen molar-refractivity contribution in [3.8, 4) is 11.5 Å². The van der Waals surface area contributed by atoms with Crippen LogP contribution < -0.4 is 26.4 Å². The maximum absolute atomic E-state index is 5.58. The van der Waals surface area contributed by atoms with E-state index in [-0.39, 0.29) is 11.7 Å². The van der Waals surface area contributed by atoms with Crippen LogP contribution in [0.25, 0.3) is 0 Å². The zero-order valence-corrected chi connectivity index (χ0v) is 9.96. The van der Waals surface area contributed by atoms with Gasteiger partial charge < -0.3 is 20.9 Å². The van der Waals surface area contributed by atoms with E-state index in [2.05, 4.69) is 20.7 Å². The molecule has 2 aliphatic rings. The lowest BCUT2D eigenvalue weighted by molar-refractivity contribution is 0.171. The second kappa shape index (κ2) is 4.48. The van der Waals surface area contributed by atoms with E-state index < -0.39 is 0 Å². The Hall–Kier alpha value is -2.77. The van der Waals surface area contributed by atoms with E-state index in [1.165, 1.54) is 0 Å². The molecule has 0 aromatic heterocycles. The molecule has 2 aliphatic heterocycles. The number of hydrazone groups is 1. The van der Waals surface area contributed by atoms with Crippen molar-refractivity contribution in [2.45, 2.75) is 0 Å². The van der Waals surface area contributed by atoms with E-state index in [4.69, 9.17) is 20.9 Å². The zero-order valence-electron chi connectivity index (χ0n) is 9.96. The lowest BCUT2D eigenvalue weighted by Gasteiger charge is -2.18. The van der Waals surface area contributed by atoms with E-state index in [1.807, 2.05) is 6.07 Å². The van der Waals surface area contributed by atoms with Crippen LogP contribution in [-0.4, -0.2) is 30.6 Å². The topological polar surface area (TPSA) is 120 Å². The summed E-state index contributed by atoms with van der Waals surface area (Å²) in [5.41, 5.74) is 15.1. The van der Waals surface area contributed by atoms with Crippen LogP contribution in [0.3, 0.4) is 0 Å². The largest absolute Gasteiger partial charge is 0.486 e. The molecule has 0 fully saturated rings. The first kappa shape index (κ1) is 11.3. The molecule has 0 amide bonds. The van der Waals surface area contributed by atoms with Gasteiger partial charge in [-0.2, -0.15) is 5.10 Å². The van der Waals surface area contributed by atoms with Crippen LogP contribution in [-0.2, 0) is 0 Å². The third-order valence-electron chi connectivity index (χ3n) is 2.59. The minimum atomic E-state index is 0.183. The molecule has 1 aromatic carbocycles. The fourth-order valence-corrected chi connectivity index (χ4v) is 1.68. The average Bonchev–Trinajstić information content (AvgIpc) is 2.76. The van der Waals surface area contributed by atoms with Gasteiger partial charge in [-0.15, -0.1) is 10.2 Å². The summed E-state index contributed by atoms with van der Waals surface area (Å²) in [6, 6.07) is 5.40. The molecule has 0 saturated carbocycles. The Kier molecular flexibility index (Phi) is 2.67. The van der Waals surface area contributed by atoms with Crippen LogP contribution in [0.5, 0.6) is 11.5 Å². The number of hydrogen-bond donors (Lipinski definition) is 3. The number of nitrogens with one attached hydrogen (secondary N) is 1. The molecule has 3 rings (SSSR count). The first-order valence-electron chi connectivity index (χ1n) is 5.65. The molecule has 8 heteroatoms. The van der Waals surface area contributed by atoms with Crippen molar-refractivity contribution < 1.29 is 9.47 Å². The van der Waals surface area contributed by atoms with Gasteiger partial charge in [0.15, 0.2) is 28.9 Å². The molecule has 2 heterocycles. The van der Waals surface area contributed by atoms with Crippen LogP contribution >= 0.6 is 0 Å². The van der Waals surface area contributed by atoms with E-state index in [1.54, 1.807) is 12.1 Å². The average molecular weight is 260 g/mol. The minimum Gasteiger partial charge on any atom is -0.486 e. The standard InChI is InChI=1S/C11H12N6O2/c12-10-9(11(13)17-16-10)15-14-6-1-2-7-8(5-6)19-4-3-18-7/h1-2,5,14H,3-4H2,(H4,12,13,15,16,17). The third-order valence-corrected chi connectivity index (χ3v) is 2.59. The summed E-state index contributed by atoms with van der Waals surface area (Å²) in [7, 11) is 0. The van der Waals surface area contributed by atoms with Gasteiger partial charge in [-0.1, -0.05) is 0 Å². The van der Waals surface area contributed by atoms with Gasteiger partial charge in [-0.3, -0.25) is 5.43 Å². The van der Waals surface area contributed by atoms with Crippen LogP contribution in [0.1, 0.15) is 0 Å². The SMILES string of the molecule is NC1=NN=C(N)C1=NNc1ccc2c(c1)OCCO2. The molecule has 0 unspecified atom stereocenters. The molecule has 0 aliphatic carbocycles. The van der Waals surface area contributed by atoms with Gasteiger partial charge in [0.1, 0.15) is 13.2 Å². The molecule has 1 aromatic rings. The quantitative estimate of drug-likeness (QED) is 0.640. The number of ether oxygens (including phenoxy) is 2. The Morgan fingerprint density at radius 2 is 1.74 bits per heavy atom. The maximum atomic E-state index is 5.58. The smallest absolute Gasteiger partial charge is 0.177 e. The molecular weight excluding hydrogens is 248 g/mol. The minimum absolute atomic E-state index is 0.183. The van der Waals surface area contributed by atoms with Crippen LogP contribution in [0, 0.1) is 0 Å². The van der Waals surface area contributed by atoms with Crippen molar-refractivity contribution in [3.63, 3.8) is 0 Å². The van der Waals surface area contributed by atoms with Crippen LogP contribution in [0.2, 0.25) is 0 Å². The number of fused-ring (bicyclic) bond motifs is 1. The van der Waals surface area contributed by atoms with Crippen molar-refractivity contribution in [2.75, 3.05) is 18.6 Å². The van der Waals surface area contributed by atoms with E-state index in [0.717, 1.165) is 5.69 Å². The molecule has 5 N–H and O–H groups in total. The number of nitrogens with two attached hydrogens (primary N) is 2. The lowest BCUT2D eigenvalue weighted by atomic mass is 10.2. The molecule has 0 saturated heterocycles. The van der Waals surface area contributed by atoms with Gasteiger partial charge >= 0.3 is 0 Å². The number of rotatable bonds is 2. The predicted octanol–water partition coefficient (Wildman–Crippen LogP) is -0.131. The zero-order chi connectivity index (χ0) is 13.2. The normalized spacial score (nSPS) is 16.7. The third kappa shape index (κ3) is 2.15. The van der Waals surface area contributed by atoms with Crippen molar-refractivity contribution in [1.82, 2.24) is 0 Å². The monoisotopic (exact) mass is 260 g/mol. The Morgan fingerprint density at radius 1 is 1.05 bits per heavy atom. The highest BCUT2D eigenvalue weighted by atomic mass is 16.6. The number of amidine groups is 2. The first-order valence-corrected chi connectivity index (χ1v) is 5.65. The van der Waals surface area contributed by atoms with Gasteiger partial charge in [0.2, 0.25) is 0 Å². The fraction of sp³-hybridized carbons (Fsp3) is 0.182. The number of anilines is 1. The number of nitrogens with zero attached hydrogens (tertiary/aromatic N) is 3. The highest BCUT2D eigenvalue weighted by Gasteiger charge is 2.16. The van der Waals surface area contributed by atoms with Gasteiger partial charge in [-0.05, 0) is 12.1 Å². The van der Waals surface area contributed by atoms with Gasteiger partial charge in [0.25, 0.3) is 0 Å². The number of benzene rings is 1. The van der Waals surface area contributed by atoms with Crippen molar-refractivity contribution >= 4 is 23.1 Å². The molecule has 19 heavy (non-hydrogen) atoms. The summed E-state index contributed by atoms with van der Waals surface area (Å²) in [5, 5.41) is 11.3. The van der Waals surface area contributed by atoms with Crippen molar-refractivity contribution in [1.29, 1.82) is 0 Å². The Morgan fingerprint density at radius 3 is 2.47 bits per heavy atom. The Labute approximate surface area is 108 Å². The lowest BCUT2D eigenvalue weighted by Crippen LogP contribution is -2.32. The van der Waals surface area contributed by atoms with Gasteiger partial charge in [0.05, 0.1) is 5.69 Å². The molecule has 8 nitrogen and oxygen atoms in total. The van der Waals surface area contributed by atoms with E-state index in [9.17, 15) is 0 Å². The first-order chi connectivity index (χ1) is 9.24. The number of hydrogen-bond acceptors (Lipinski definition) is 8. The summed E-state index contributed by atoms with van der Waals surface area (Å²) in [6.07, 6.45) is 0. The summed E-state index contributed by atoms with van der Waals surface area (Å²) in [6.45, 7) is 1.09. The highest BCUT2D eigenvalue weighted by Crippen LogP contribution is 2.32. The van der Waals surface area contributed by atoms with Crippen molar-refractivity contribution in [2.24, 2.45) is 26.8 Å². The highest BCUT2D eigenvalue weighted by molar-refractivity contribution is 6.68. The van der Waals surface area contributed by atoms with Crippen LogP contribution in [0.15, 0.2) is 33.5 Å². The molecular formula is C11H12N6O2. The second-order valence-corrected chi connectivity index (χ2v) is 3.90. The molecule has 0 atom stereocenters. The molecule has 98 valence electrons. The van der Waals surface area contributed by atoms with E-state index in [0.29, 0.717) is 30.4 Å². The molecule has 0 radical (unpaired) electrons. The van der Waals surface area contributed by atoms with Crippen molar-refractivity contribution in [3.05, 3.63) is 18.2 Å². The summed E-state index contributed by atoms with van der Waals surface area (Å²) in [5.74, 6) is 1.75. The fourth-order valence-electron chi connectivity index (χ4n) is 1.68. The summed E-state index contributed by atoms with van der Waals surface area (Å²) < 4.78 is 10.9. The molecule has 0 spiro atoms. The predicted molar refractivity (Wildman–Crippen MR) is 71.7 cm³/mol. The summed E-state index contributed by atoms with van der Waals surface area (Å²) >= 11 is 0. The maximum Gasteiger partial charge on any atom is 0.177 e. The Bertz CT molecular complexity index is 587. The second-order valence-electron chi connectivity index (χ2n) is 3.90. The summed E-state index contributed by atoms with van der Waals surface area (Å²) in [4.78, 5) is 0. The van der Waals surface area contributed by atoms with Crippen LogP contribution in [0.4, 0.5) is 5.69 Å². The van der Waals surface area contributed by atoms with Gasteiger partial charge in [0, 0.05) is 6.07 Å². The van der Waals surface area contributed by atoms with E-state index >= 15 is 0 Å². The Balaban J connectivity index is 1.79. The molecule has 0 bridgehead atoms.